The molecule has 1 atom stereocenters. The quantitative estimate of drug-likeness (QED) is 0.339. The van der Waals surface area contributed by atoms with Gasteiger partial charge >= 0.3 is 0 Å². The fourth-order valence-electron chi connectivity index (χ4n) is 4.54. The number of para-hydroxylation sites is 1. The summed E-state index contributed by atoms with van der Waals surface area (Å²) in [6, 6.07) is 28.4. The van der Waals surface area contributed by atoms with Crippen molar-refractivity contribution in [2.45, 2.75) is 18.9 Å². The van der Waals surface area contributed by atoms with Crippen molar-refractivity contribution in [2.75, 3.05) is 13.1 Å². The van der Waals surface area contributed by atoms with Crippen LogP contribution in [0.1, 0.15) is 29.0 Å². The first-order chi connectivity index (χ1) is 16.7. The predicted molar refractivity (Wildman–Crippen MR) is 134 cm³/mol. The van der Waals surface area contributed by atoms with Crippen molar-refractivity contribution in [3.63, 3.8) is 0 Å². The Balaban J connectivity index is 1.23. The Morgan fingerprint density at radius 3 is 2.47 bits per heavy atom. The van der Waals surface area contributed by atoms with Crippen molar-refractivity contribution in [3.8, 4) is 0 Å². The van der Waals surface area contributed by atoms with Crippen LogP contribution in [0.5, 0.6) is 0 Å². The number of hydrogen-bond donors (Lipinski definition) is 1. The van der Waals surface area contributed by atoms with Gasteiger partial charge < -0.3 is 9.47 Å². The first kappa shape index (κ1) is 21.6. The molecular weight excluding hydrogens is 424 g/mol. The zero-order valence-electron chi connectivity index (χ0n) is 18.8. The number of nitrogens with one attached hydrogen (secondary N) is 1. The van der Waals surface area contributed by atoms with E-state index in [1.807, 2.05) is 72.9 Å². The van der Waals surface area contributed by atoms with Gasteiger partial charge in [-0.25, -0.2) is 5.43 Å². The molecule has 34 heavy (non-hydrogen) atoms. The van der Waals surface area contributed by atoms with E-state index in [0.29, 0.717) is 13.0 Å². The van der Waals surface area contributed by atoms with Crippen molar-refractivity contribution in [2.24, 2.45) is 5.10 Å². The van der Waals surface area contributed by atoms with Crippen LogP contribution in [0.4, 0.5) is 0 Å². The van der Waals surface area contributed by atoms with Gasteiger partial charge in [0.1, 0.15) is 6.54 Å². The molecule has 4 aromatic rings. The maximum Gasteiger partial charge on any atom is 0.259 e. The van der Waals surface area contributed by atoms with Gasteiger partial charge in [0.05, 0.1) is 6.21 Å². The number of likely N-dealkylation sites (tertiary alicyclic amines) is 1. The molecule has 0 saturated carbocycles. The molecule has 1 N–H and O–H groups in total. The molecule has 0 radical (unpaired) electrons. The number of carbonyl (C=O) groups is 2. The van der Waals surface area contributed by atoms with Crippen molar-refractivity contribution in [1.29, 1.82) is 0 Å². The summed E-state index contributed by atoms with van der Waals surface area (Å²) in [5.41, 5.74) is 6.95. The summed E-state index contributed by atoms with van der Waals surface area (Å²) in [6.07, 6.45) is 4.14. The summed E-state index contributed by atoms with van der Waals surface area (Å²) in [6.45, 7) is 1.31. The number of aromatic nitrogens is 1. The van der Waals surface area contributed by atoms with Crippen molar-refractivity contribution in [3.05, 3.63) is 108 Å². The van der Waals surface area contributed by atoms with E-state index in [1.54, 1.807) is 11.1 Å². The van der Waals surface area contributed by atoms with Gasteiger partial charge in [-0.05, 0) is 17.2 Å². The second kappa shape index (κ2) is 9.75. The molecule has 6 heteroatoms. The second-order valence-electron chi connectivity index (χ2n) is 8.59. The highest BCUT2D eigenvalue weighted by Gasteiger charge is 2.31. The fraction of sp³-hybridized carbons (Fsp3) is 0.179. The highest BCUT2D eigenvalue weighted by Crippen LogP contribution is 2.27. The summed E-state index contributed by atoms with van der Waals surface area (Å²) in [4.78, 5) is 26.5. The van der Waals surface area contributed by atoms with Crippen LogP contribution < -0.4 is 5.43 Å². The normalized spacial score (nSPS) is 15.9. The van der Waals surface area contributed by atoms with E-state index in [-0.39, 0.29) is 24.3 Å². The van der Waals surface area contributed by atoms with Gasteiger partial charge in [-0.15, -0.1) is 0 Å². The van der Waals surface area contributed by atoms with Gasteiger partial charge in [0.15, 0.2) is 0 Å². The van der Waals surface area contributed by atoms with Crippen LogP contribution in [-0.4, -0.2) is 40.6 Å². The topological polar surface area (TPSA) is 66.7 Å². The highest BCUT2D eigenvalue weighted by molar-refractivity contribution is 5.99. The Morgan fingerprint density at radius 2 is 1.68 bits per heavy atom. The predicted octanol–water partition coefficient (Wildman–Crippen LogP) is 4.16. The lowest BCUT2D eigenvalue weighted by Crippen LogP contribution is -2.36. The highest BCUT2D eigenvalue weighted by atomic mass is 16.2. The number of fused-ring (bicyclic) bond motifs is 1. The monoisotopic (exact) mass is 450 g/mol. The molecule has 1 aromatic heterocycles. The van der Waals surface area contributed by atoms with Gasteiger partial charge in [-0.1, -0.05) is 78.9 Å². The van der Waals surface area contributed by atoms with Gasteiger partial charge in [0, 0.05) is 48.1 Å². The van der Waals surface area contributed by atoms with E-state index in [9.17, 15) is 9.59 Å². The van der Waals surface area contributed by atoms with E-state index >= 15 is 0 Å². The average molecular weight is 451 g/mol. The fourth-order valence-corrected chi connectivity index (χ4v) is 4.54. The first-order valence-corrected chi connectivity index (χ1v) is 11.4. The number of nitrogens with zero attached hydrogens (tertiary/aromatic N) is 3. The zero-order valence-corrected chi connectivity index (χ0v) is 18.8. The van der Waals surface area contributed by atoms with E-state index in [2.05, 4.69) is 33.3 Å². The molecule has 1 fully saturated rings. The van der Waals surface area contributed by atoms with E-state index < -0.39 is 0 Å². The smallest absolute Gasteiger partial charge is 0.259 e. The van der Waals surface area contributed by atoms with Crippen LogP contribution >= 0.6 is 0 Å². The van der Waals surface area contributed by atoms with Crippen molar-refractivity contribution in [1.82, 2.24) is 14.9 Å². The Hall–Kier alpha value is -4.19. The summed E-state index contributed by atoms with van der Waals surface area (Å²) >= 11 is 0. The molecule has 1 aliphatic heterocycles. The summed E-state index contributed by atoms with van der Waals surface area (Å²) in [7, 11) is 0. The lowest BCUT2D eigenvalue weighted by Gasteiger charge is -2.15. The first-order valence-electron chi connectivity index (χ1n) is 11.4. The maximum absolute atomic E-state index is 12.5. The van der Waals surface area contributed by atoms with Gasteiger partial charge in [-0.3, -0.25) is 9.59 Å². The minimum Gasteiger partial charge on any atom is -0.342 e. The van der Waals surface area contributed by atoms with E-state index in [4.69, 9.17) is 0 Å². The number of hydrogen-bond acceptors (Lipinski definition) is 3. The standard InChI is InChI=1S/C28H26N4O2/c33-27(20-32-18-23(15-28(32)34)22-11-5-2-6-12-22)30-29-16-24-19-31(17-21-9-3-1-4-10-21)26-14-8-7-13-25(24)26/h1-14,16,19,23H,15,17-18,20H2,(H,30,33)/b29-16-/t23-/m0/s1. The molecule has 3 aromatic carbocycles. The maximum atomic E-state index is 12.5. The summed E-state index contributed by atoms with van der Waals surface area (Å²) in [5.74, 6) is -0.177. The molecule has 0 bridgehead atoms. The van der Waals surface area contributed by atoms with Crippen LogP contribution in [0.15, 0.2) is 96.2 Å². The Bertz CT molecular complexity index is 1330. The van der Waals surface area contributed by atoms with Crippen LogP contribution in [0.3, 0.4) is 0 Å². The SMILES string of the molecule is O=C(CN1C[C@@H](c2ccccc2)CC1=O)N/N=C\c1cn(Cc2ccccc2)c2ccccc12. The largest absolute Gasteiger partial charge is 0.342 e. The molecular formula is C28H26N4O2. The minimum atomic E-state index is -0.300. The molecule has 2 amide bonds. The molecule has 6 nitrogen and oxygen atoms in total. The van der Waals surface area contributed by atoms with Crippen LogP contribution in [0, 0.1) is 0 Å². The molecule has 5 rings (SSSR count). The average Bonchev–Trinajstić information content (AvgIpc) is 3.40. The van der Waals surface area contributed by atoms with Crippen molar-refractivity contribution >= 4 is 28.9 Å². The minimum absolute atomic E-state index is 0.00281. The lowest BCUT2D eigenvalue weighted by molar-refractivity contribution is -0.133. The third-order valence-electron chi connectivity index (χ3n) is 6.23. The van der Waals surface area contributed by atoms with Crippen molar-refractivity contribution < 1.29 is 9.59 Å². The summed E-state index contributed by atoms with van der Waals surface area (Å²) in [5, 5.41) is 5.25. The van der Waals surface area contributed by atoms with Crippen LogP contribution in [0.25, 0.3) is 10.9 Å². The van der Waals surface area contributed by atoms with Gasteiger partial charge in [0.2, 0.25) is 5.91 Å². The third kappa shape index (κ3) is 4.76. The van der Waals surface area contributed by atoms with E-state index in [1.165, 1.54) is 5.56 Å². The van der Waals surface area contributed by atoms with Crippen LogP contribution in [-0.2, 0) is 16.1 Å². The second-order valence-corrected chi connectivity index (χ2v) is 8.59. The van der Waals surface area contributed by atoms with Crippen LogP contribution in [0.2, 0.25) is 0 Å². The number of carbonyl (C=O) groups excluding carboxylic acids is 2. The molecule has 170 valence electrons. The third-order valence-corrected chi connectivity index (χ3v) is 6.23. The Labute approximate surface area is 198 Å². The number of rotatable bonds is 7. The zero-order chi connectivity index (χ0) is 23.3. The number of amides is 2. The number of hydrazone groups is 1. The molecule has 1 saturated heterocycles. The molecule has 0 aliphatic carbocycles. The number of benzene rings is 3. The molecule has 0 spiro atoms. The Morgan fingerprint density at radius 1 is 0.971 bits per heavy atom. The lowest BCUT2D eigenvalue weighted by atomic mass is 9.99. The summed E-state index contributed by atoms with van der Waals surface area (Å²) < 4.78 is 2.18. The van der Waals surface area contributed by atoms with E-state index in [0.717, 1.165) is 28.6 Å². The molecule has 0 unspecified atom stereocenters. The Kier molecular flexibility index (Phi) is 6.21. The molecule has 2 heterocycles. The van der Waals surface area contributed by atoms with Gasteiger partial charge in [-0.2, -0.15) is 5.10 Å². The van der Waals surface area contributed by atoms with Gasteiger partial charge in [0.25, 0.3) is 5.91 Å². The molecule has 1 aliphatic rings.